The number of hydrogen-bond donors (Lipinski definition) is 2. The summed E-state index contributed by atoms with van der Waals surface area (Å²) >= 11 is 0. The molecule has 0 aromatic carbocycles. The lowest BCUT2D eigenvalue weighted by atomic mass is 9.33. The molecule has 0 saturated heterocycles. The lowest BCUT2D eigenvalue weighted by Crippen LogP contribution is -2.67. The number of rotatable bonds is 1. The maximum absolute atomic E-state index is 14.2. The molecule has 4 fully saturated rings. The van der Waals surface area contributed by atoms with E-state index in [2.05, 4.69) is 47.6 Å². The van der Waals surface area contributed by atoms with Crippen LogP contribution in [0.15, 0.2) is 11.6 Å². The maximum atomic E-state index is 14.2. The fourth-order valence-corrected chi connectivity index (χ4v) is 10.4. The Morgan fingerprint density at radius 1 is 0.941 bits per heavy atom. The van der Waals surface area contributed by atoms with Crippen LogP contribution in [0.5, 0.6) is 0 Å². The van der Waals surface area contributed by atoms with E-state index in [-0.39, 0.29) is 45.0 Å². The zero-order valence-electron chi connectivity index (χ0n) is 22.6. The van der Waals surface area contributed by atoms with Crippen LogP contribution in [0.1, 0.15) is 106 Å². The largest absolute Gasteiger partial charge is 0.481 e. The monoisotopic (exact) mass is 469 g/mol. The molecule has 0 heterocycles. The van der Waals surface area contributed by atoms with Crippen LogP contribution in [0.4, 0.5) is 0 Å². The molecule has 0 amide bonds. The van der Waals surface area contributed by atoms with E-state index < -0.39 is 11.4 Å². The van der Waals surface area contributed by atoms with Gasteiger partial charge < -0.3 is 10.8 Å². The standard InChI is InChI=1S/C30H47NO3/c1-25(2)21-8-11-30(7)23(28(21,5)10-9-22(25)31)20(32)16-18-19-17-27(4,24(33)34)13-12-26(19,3)14-15-29(18,30)6/h16,19,21-23H,8-15,17,31H2,1-7H3,(H,33,34)/t19-,21-,22?,23?,26+,27-,28-,29+,30+/m0/s1. The lowest BCUT2D eigenvalue weighted by molar-refractivity contribution is -0.188. The quantitative estimate of drug-likeness (QED) is 0.467. The molecule has 5 aliphatic carbocycles. The summed E-state index contributed by atoms with van der Waals surface area (Å²) in [6, 6.07) is 0.196. The number of carboxylic acids is 1. The SMILES string of the molecule is CC1(C)C(N)CC[C@]2(C)C3C(=O)C=C4[C@@H]5C[C@@](C)(C(=O)O)CC[C@]5(C)CC[C@@]4(C)[C@]3(C)CC[C@@H]12. The number of carboxylic acid groups (broad SMARTS) is 1. The van der Waals surface area contributed by atoms with E-state index in [1.807, 2.05) is 6.92 Å². The molecule has 4 heteroatoms. The summed E-state index contributed by atoms with van der Waals surface area (Å²) in [6.07, 6.45) is 10.9. The molecule has 4 nitrogen and oxygen atoms in total. The van der Waals surface area contributed by atoms with Gasteiger partial charge in [0, 0.05) is 12.0 Å². The van der Waals surface area contributed by atoms with Crippen molar-refractivity contribution in [2.24, 2.45) is 56.0 Å². The molecule has 5 aliphatic rings. The highest BCUT2D eigenvalue weighted by Crippen LogP contribution is 2.75. The van der Waals surface area contributed by atoms with Crippen molar-refractivity contribution in [3.8, 4) is 0 Å². The Kier molecular flexibility index (Phi) is 5.04. The molecule has 0 aromatic rings. The van der Waals surface area contributed by atoms with E-state index in [4.69, 9.17) is 5.73 Å². The number of ketones is 1. The zero-order valence-corrected chi connectivity index (χ0v) is 22.6. The summed E-state index contributed by atoms with van der Waals surface area (Å²) < 4.78 is 0. The van der Waals surface area contributed by atoms with Gasteiger partial charge in [-0.3, -0.25) is 9.59 Å². The average molecular weight is 470 g/mol. The molecular weight excluding hydrogens is 422 g/mol. The molecule has 34 heavy (non-hydrogen) atoms. The molecule has 0 aromatic heterocycles. The Bertz CT molecular complexity index is 968. The van der Waals surface area contributed by atoms with Gasteiger partial charge in [0.25, 0.3) is 0 Å². The normalized spacial score (nSPS) is 54.1. The molecule has 5 rings (SSSR count). The molecule has 9 atom stereocenters. The van der Waals surface area contributed by atoms with Crippen LogP contribution in [-0.4, -0.2) is 22.9 Å². The van der Waals surface area contributed by atoms with Crippen molar-refractivity contribution in [3.63, 3.8) is 0 Å². The first-order valence-corrected chi connectivity index (χ1v) is 13.8. The number of aliphatic carboxylic acids is 1. The van der Waals surface area contributed by atoms with Crippen molar-refractivity contribution in [2.45, 2.75) is 112 Å². The highest BCUT2D eigenvalue weighted by atomic mass is 16.4. The number of hydrogen-bond acceptors (Lipinski definition) is 3. The van der Waals surface area contributed by atoms with Gasteiger partial charge in [0.2, 0.25) is 0 Å². The van der Waals surface area contributed by atoms with E-state index in [1.54, 1.807) is 0 Å². The van der Waals surface area contributed by atoms with Crippen LogP contribution in [0.2, 0.25) is 0 Å². The van der Waals surface area contributed by atoms with Gasteiger partial charge in [-0.1, -0.05) is 47.1 Å². The molecule has 0 bridgehead atoms. The Morgan fingerprint density at radius 3 is 2.24 bits per heavy atom. The average Bonchev–Trinajstić information content (AvgIpc) is 2.73. The third kappa shape index (κ3) is 2.81. The topological polar surface area (TPSA) is 80.4 Å². The maximum Gasteiger partial charge on any atom is 0.309 e. The van der Waals surface area contributed by atoms with Crippen molar-refractivity contribution in [3.05, 3.63) is 11.6 Å². The van der Waals surface area contributed by atoms with Crippen LogP contribution in [-0.2, 0) is 9.59 Å². The summed E-state index contributed by atoms with van der Waals surface area (Å²) in [5.41, 5.74) is 7.21. The predicted molar refractivity (Wildman–Crippen MR) is 135 cm³/mol. The van der Waals surface area contributed by atoms with Gasteiger partial charge in [0.15, 0.2) is 5.78 Å². The van der Waals surface area contributed by atoms with Crippen molar-refractivity contribution in [1.29, 1.82) is 0 Å². The van der Waals surface area contributed by atoms with Crippen molar-refractivity contribution in [1.82, 2.24) is 0 Å². The number of allylic oxidation sites excluding steroid dienone is 2. The van der Waals surface area contributed by atoms with Gasteiger partial charge in [0.1, 0.15) is 0 Å². The number of nitrogens with two attached hydrogens (primary N) is 1. The second-order valence-corrected chi connectivity index (χ2v) is 15.0. The minimum atomic E-state index is -0.697. The minimum Gasteiger partial charge on any atom is -0.481 e. The fourth-order valence-electron chi connectivity index (χ4n) is 10.4. The summed E-state index contributed by atoms with van der Waals surface area (Å²) in [5.74, 6) is 0.313. The van der Waals surface area contributed by atoms with Crippen molar-refractivity contribution in [2.75, 3.05) is 0 Å². The lowest BCUT2D eigenvalue weighted by Gasteiger charge is -2.70. The van der Waals surface area contributed by atoms with Crippen molar-refractivity contribution < 1.29 is 14.7 Å². The van der Waals surface area contributed by atoms with E-state index in [0.717, 1.165) is 51.4 Å². The van der Waals surface area contributed by atoms with Crippen LogP contribution < -0.4 is 5.73 Å². The summed E-state index contributed by atoms with van der Waals surface area (Å²) in [5, 5.41) is 10.1. The van der Waals surface area contributed by atoms with E-state index in [9.17, 15) is 14.7 Å². The van der Waals surface area contributed by atoms with Gasteiger partial charge in [-0.05, 0) is 110 Å². The third-order valence-electron chi connectivity index (χ3n) is 13.2. The number of fused-ring (bicyclic) bond motifs is 7. The smallest absolute Gasteiger partial charge is 0.309 e. The molecule has 0 aliphatic heterocycles. The highest BCUT2D eigenvalue weighted by molar-refractivity contribution is 5.95. The zero-order chi connectivity index (χ0) is 25.1. The molecule has 190 valence electrons. The Morgan fingerprint density at radius 2 is 1.59 bits per heavy atom. The van der Waals surface area contributed by atoms with Gasteiger partial charge in [-0.15, -0.1) is 0 Å². The second kappa shape index (κ2) is 6.99. The predicted octanol–water partition coefficient (Wildman–Crippen LogP) is 6.38. The molecule has 2 unspecified atom stereocenters. The van der Waals surface area contributed by atoms with Crippen LogP contribution in [0.25, 0.3) is 0 Å². The molecule has 4 saturated carbocycles. The molecule has 0 spiro atoms. The second-order valence-electron chi connectivity index (χ2n) is 15.0. The first-order chi connectivity index (χ1) is 15.6. The fraction of sp³-hybridized carbons (Fsp3) is 0.867. The third-order valence-corrected chi connectivity index (χ3v) is 13.2. The Balaban J connectivity index is 1.62. The minimum absolute atomic E-state index is 0.0260. The van der Waals surface area contributed by atoms with Gasteiger partial charge in [-0.25, -0.2) is 0 Å². The van der Waals surface area contributed by atoms with Gasteiger partial charge in [-0.2, -0.15) is 0 Å². The van der Waals surface area contributed by atoms with E-state index in [0.29, 0.717) is 18.1 Å². The van der Waals surface area contributed by atoms with Crippen molar-refractivity contribution >= 4 is 11.8 Å². The summed E-state index contributed by atoms with van der Waals surface area (Å²) in [7, 11) is 0. The first kappa shape index (κ1) is 24.5. The highest BCUT2D eigenvalue weighted by Gasteiger charge is 2.70. The molecular formula is C30H47NO3. The van der Waals surface area contributed by atoms with Gasteiger partial charge in [0.05, 0.1) is 5.41 Å². The Hall–Kier alpha value is -1.16. The number of carbonyl (C=O) groups is 2. The van der Waals surface area contributed by atoms with E-state index >= 15 is 0 Å². The first-order valence-electron chi connectivity index (χ1n) is 13.8. The molecule has 3 N–H and O–H groups in total. The van der Waals surface area contributed by atoms with E-state index in [1.165, 1.54) is 5.57 Å². The summed E-state index contributed by atoms with van der Waals surface area (Å²) in [6.45, 7) is 16.2. The van der Waals surface area contributed by atoms with Crippen LogP contribution in [0.3, 0.4) is 0 Å². The van der Waals surface area contributed by atoms with Crippen LogP contribution >= 0.6 is 0 Å². The summed E-state index contributed by atoms with van der Waals surface area (Å²) in [4.78, 5) is 26.5. The van der Waals surface area contributed by atoms with Gasteiger partial charge >= 0.3 is 5.97 Å². The van der Waals surface area contributed by atoms with Crippen LogP contribution in [0, 0.1) is 50.2 Å². The Labute approximate surface area is 206 Å². The number of carbonyl (C=O) groups excluding carboxylic acids is 1. The molecule has 0 radical (unpaired) electrons.